The number of carbonyl (C=O) groups is 2. The van der Waals surface area contributed by atoms with Gasteiger partial charge in [0.2, 0.25) is 5.78 Å². The summed E-state index contributed by atoms with van der Waals surface area (Å²) in [6, 6.07) is 21.4. The van der Waals surface area contributed by atoms with Gasteiger partial charge in [0, 0.05) is 29.6 Å². The molecule has 0 spiro atoms. The van der Waals surface area contributed by atoms with Gasteiger partial charge in [0.1, 0.15) is 30.3 Å². The van der Waals surface area contributed by atoms with Crippen molar-refractivity contribution in [3.05, 3.63) is 148 Å². The number of allylic oxidation sites excluding steroid dienone is 1. The summed E-state index contributed by atoms with van der Waals surface area (Å²) in [5.41, 5.74) is -0.0673. The zero-order valence-electron chi connectivity index (χ0n) is 26.7. The van der Waals surface area contributed by atoms with Crippen molar-refractivity contribution in [3.63, 3.8) is 0 Å². The molecule has 10 heteroatoms. The van der Waals surface area contributed by atoms with Crippen LogP contribution in [0.15, 0.2) is 114 Å². The summed E-state index contributed by atoms with van der Waals surface area (Å²) >= 11 is 6.70. The smallest absolute Gasteiger partial charge is 0.265 e. The molecular formula is C39H35ClN2O7. The SMILES string of the molecule is C=CCN(CC=C)[C@@H]1c2onc(OCc3ccccc3)c2C(=O)[C@@]2(O)C(O)=C3C(=O)c4c(OCc5ccccc5)ccc(Cl)c4C[C@H]3C[C@@H]12. The lowest BCUT2D eigenvalue weighted by molar-refractivity contribution is -0.0601. The summed E-state index contributed by atoms with van der Waals surface area (Å²) in [5.74, 6) is -3.17. The molecule has 0 radical (unpaired) electrons. The van der Waals surface area contributed by atoms with Gasteiger partial charge in [-0.3, -0.25) is 14.5 Å². The van der Waals surface area contributed by atoms with Crippen LogP contribution in [0.3, 0.4) is 0 Å². The third kappa shape index (κ3) is 5.48. The standard InChI is InChI=1S/C39H35ClN2O7/c1-3-17-42(18-4-2)33-27-20-25-19-26-28(40)15-16-29(47-21-23-11-7-5-8-12-23)31(26)34(43)30(25)36(44)39(27,46)37(45)32-35(33)49-41-38(32)48-22-24-13-9-6-10-14-24/h3-16,25,27,33,44,46H,1-2,17-22H2/t25-,27-,33-,39-/m0/s1. The van der Waals surface area contributed by atoms with Gasteiger partial charge in [-0.05, 0) is 52.7 Å². The van der Waals surface area contributed by atoms with Crippen molar-refractivity contribution >= 4 is 23.2 Å². The maximum atomic E-state index is 14.5. The highest BCUT2D eigenvalue weighted by Gasteiger charge is 2.64. The number of benzene rings is 3. The number of hydrogen-bond donors (Lipinski definition) is 2. The van der Waals surface area contributed by atoms with E-state index in [2.05, 4.69) is 18.3 Å². The van der Waals surface area contributed by atoms with E-state index in [0.717, 1.165) is 11.1 Å². The average Bonchev–Trinajstić information content (AvgIpc) is 3.53. The van der Waals surface area contributed by atoms with Gasteiger partial charge in [-0.1, -0.05) is 84.4 Å². The van der Waals surface area contributed by atoms with Crippen molar-refractivity contribution in [2.75, 3.05) is 13.1 Å². The molecule has 0 aliphatic heterocycles. The van der Waals surface area contributed by atoms with Gasteiger partial charge >= 0.3 is 0 Å². The molecular weight excluding hydrogens is 644 g/mol. The number of hydrogen-bond acceptors (Lipinski definition) is 9. The quantitative estimate of drug-likeness (QED) is 0.161. The van der Waals surface area contributed by atoms with Crippen molar-refractivity contribution in [3.8, 4) is 11.6 Å². The predicted molar refractivity (Wildman–Crippen MR) is 183 cm³/mol. The molecule has 9 nitrogen and oxygen atoms in total. The van der Waals surface area contributed by atoms with E-state index < -0.39 is 40.8 Å². The highest BCUT2D eigenvalue weighted by atomic mass is 35.5. The molecule has 0 saturated heterocycles. The first-order valence-electron chi connectivity index (χ1n) is 16.1. The Kier molecular flexibility index (Phi) is 8.75. The van der Waals surface area contributed by atoms with Crippen molar-refractivity contribution in [1.29, 1.82) is 0 Å². The van der Waals surface area contributed by atoms with Crippen LogP contribution in [0.4, 0.5) is 0 Å². The number of aliphatic hydroxyl groups is 2. The lowest BCUT2D eigenvalue weighted by Gasteiger charge is -2.50. The topological polar surface area (TPSA) is 122 Å². The Bertz CT molecular complexity index is 1960. The second kappa shape index (κ2) is 13.2. The summed E-state index contributed by atoms with van der Waals surface area (Å²) in [6.45, 7) is 8.77. The van der Waals surface area contributed by atoms with Crippen molar-refractivity contribution in [2.24, 2.45) is 11.8 Å². The second-order valence-corrected chi connectivity index (χ2v) is 13.0. The molecule has 3 aliphatic carbocycles. The molecule has 7 rings (SSSR count). The van der Waals surface area contributed by atoms with Crippen LogP contribution in [0.2, 0.25) is 5.02 Å². The van der Waals surface area contributed by atoms with Crippen molar-refractivity contribution in [2.45, 2.75) is 37.7 Å². The number of rotatable bonds is 11. The fourth-order valence-corrected chi connectivity index (χ4v) is 7.75. The number of aromatic nitrogens is 1. The molecule has 49 heavy (non-hydrogen) atoms. The van der Waals surface area contributed by atoms with E-state index in [1.54, 1.807) is 24.3 Å². The van der Waals surface area contributed by atoms with Crippen molar-refractivity contribution < 1.29 is 33.8 Å². The van der Waals surface area contributed by atoms with Gasteiger partial charge in [-0.2, -0.15) is 0 Å². The fraction of sp³-hybridized carbons (Fsp3) is 0.256. The first kappa shape index (κ1) is 32.6. The average molecular weight is 679 g/mol. The molecule has 3 aliphatic rings. The van der Waals surface area contributed by atoms with Crippen LogP contribution in [0, 0.1) is 11.8 Å². The van der Waals surface area contributed by atoms with E-state index in [0.29, 0.717) is 29.4 Å². The number of fused-ring (bicyclic) bond motifs is 4. The largest absolute Gasteiger partial charge is 0.508 e. The molecule has 4 atom stereocenters. The van der Waals surface area contributed by atoms with Crippen LogP contribution in [-0.2, 0) is 19.6 Å². The summed E-state index contributed by atoms with van der Waals surface area (Å²) in [6.07, 6.45) is 3.84. The van der Waals surface area contributed by atoms with E-state index in [4.69, 9.17) is 25.6 Å². The Labute approximate surface area is 288 Å². The maximum Gasteiger partial charge on any atom is 0.265 e. The Hall–Kier alpha value is -4.96. The van der Waals surface area contributed by atoms with Crippen LogP contribution in [-0.4, -0.2) is 50.5 Å². The van der Waals surface area contributed by atoms with E-state index >= 15 is 0 Å². The number of carbonyl (C=O) groups excluding carboxylic acids is 2. The van der Waals surface area contributed by atoms with Gasteiger partial charge < -0.3 is 24.2 Å². The molecule has 1 aromatic heterocycles. The molecule has 3 aromatic carbocycles. The molecule has 0 amide bonds. The fourth-order valence-electron chi connectivity index (χ4n) is 7.52. The first-order valence-corrected chi connectivity index (χ1v) is 16.5. The molecule has 0 unspecified atom stereocenters. The Morgan fingerprint density at radius 3 is 2.20 bits per heavy atom. The van der Waals surface area contributed by atoms with Crippen LogP contribution < -0.4 is 9.47 Å². The monoisotopic (exact) mass is 678 g/mol. The van der Waals surface area contributed by atoms with Gasteiger partial charge in [-0.15, -0.1) is 13.2 Å². The van der Waals surface area contributed by atoms with Gasteiger partial charge in [0.15, 0.2) is 17.1 Å². The zero-order valence-corrected chi connectivity index (χ0v) is 27.4. The van der Waals surface area contributed by atoms with Crippen LogP contribution in [0.5, 0.6) is 11.6 Å². The van der Waals surface area contributed by atoms with E-state index in [1.807, 2.05) is 65.6 Å². The second-order valence-electron chi connectivity index (χ2n) is 12.6. The lowest BCUT2D eigenvalue weighted by atomic mass is 9.58. The first-order chi connectivity index (χ1) is 23.8. The van der Waals surface area contributed by atoms with Crippen LogP contribution >= 0.6 is 11.6 Å². The highest BCUT2D eigenvalue weighted by molar-refractivity contribution is 6.32. The van der Waals surface area contributed by atoms with Crippen LogP contribution in [0.1, 0.15) is 55.6 Å². The lowest BCUT2D eigenvalue weighted by Crippen LogP contribution is -2.60. The summed E-state index contributed by atoms with van der Waals surface area (Å²) in [5, 5.41) is 29.2. The minimum atomic E-state index is -2.49. The molecule has 1 heterocycles. The Morgan fingerprint density at radius 1 is 0.939 bits per heavy atom. The van der Waals surface area contributed by atoms with Crippen LogP contribution in [0.25, 0.3) is 0 Å². The number of Topliss-reactive ketones (excluding diaryl/α,β-unsaturated/α-hetero) is 2. The zero-order chi connectivity index (χ0) is 34.3. The normalized spacial score (nSPS) is 22.6. The highest BCUT2D eigenvalue weighted by Crippen LogP contribution is 2.57. The minimum absolute atomic E-state index is 0.0316. The Morgan fingerprint density at radius 2 is 1.57 bits per heavy atom. The number of halogens is 1. The van der Waals surface area contributed by atoms with Crippen molar-refractivity contribution in [1.82, 2.24) is 10.1 Å². The summed E-state index contributed by atoms with van der Waals surface area (Å²) in [4.78, 5) is 30.9. The molecule has 250 valence electrons. The van der Waals surface area contributed by atoms with Gasteiger partial charge in [-0.25, -0.2) is 0 Å². The maximum absolute atomic E-state index is 14.5. The predicted octanol–water partition coefficient (Wildman–Crippen LogP) is 7.02. The molecule has 0 fully saturated rings. The number of ether oxygens (including phenoxy) is 2. The van der Waals surface area contributed by atoms with E-state index in [-0.39, 0.29) is 54.4 Å². The third-order valence-corrected chi connectivity index (χ3v) is 10.1. The summed E-state index contributed by atoms with van der Waals surface area (Å²) < 4.78 is 18.0. The molecule has 0 bridgehead atoms. The van der Waals surface area contributed by atoms with Gasteiger partial charge in [0.05, 0.1) is 11.6 Å². The molecule has 4 aromatic rings. The summed E-state index contributed by atoms with van der Waals surface area (Å²) in [7, 11) is 0. The number of ketones is 2. The minimum Gasteiger partial charge on any atom is -0.508 e. The van der Waals surface area contributed by atoms with E-state index in [9.17, 15) is 19.8 Å². The molecule has 0 saturated carbocycles. The Balaban J connectivity index is 1.33. The van der Waals surface area contributed by atoms with E-state index in [1.165, 1.54) is 0 Å². The third-order valence-electron chi connectivity index (χ3n) is 9.73. The molecule has 2 N–H and O–H groups in total. The van der Waals surface area contributed by atoms with Gasteiger partial charge in [0.25, 0.3) is 5.88 Å². The number of aliphatic hydroxyl groups excluding tert-OH is 1. The number of nitrogens with zero attached hydrogens (tertiary/aromatic N) is 2.